The fraction of sp³-hybridized carbons (Fsp3) is 0.727. The molecule has 3 aliphatic heterocycles. The molecule has 2 saturated heterocycles. The van der Waals surface area contributed by atoms with Crippen molar-refractivity contribution in [2.24, 2.45) is 5.92 Å². The minimum absolute atomic E-state index is 0.287. The van der Waals surface area contributed by atoms with Gasteiger partial charge in [0.25, 0.3) is 0 Å². The Morgan fingerprint density at radius 3 is 2.69 bits per heavy atom. The highest BCUT2D eigenvalue weighted by Gasteiger charge is 2.42. The molecule has 1 aromatic carbocycles. The van der Waals surface area contributed by atoms with Crippen LogP contribution in [0.2, 0.25) is 0 Å². The van der Waals surface area contributed by atoms with E-state index in [0.29, 0.717) is 30.5 Å². The van der Waals surface area contributed by atoms with Crippen molar-refractivity contribution in [2.75, 3.05) is 67.1 Å². The van der Waals surface area contributed by atoms with Gasteiger partial charge in [0, 0.05) is 57.0 Å². The van der Waals surface area contributed by atoms with Crippen LogP contribution in [-0.4, -0.2) is 99.4 Å². The first-order valence-corrected chi connectivity index (χ1v) is 15.6. The number of hydrogen-bond acceptors (Lipinski definition) is 4. The molecule has 0 radical (unpaired) electrons. The van der Waals surface area contributed by atoms with Gasteiger partial charge in [-0.05, 0) is 55.7 Å². The third-order valence-corrected chi connectivity index (χ3v) is 9.01. The Labute approximate surface area is 237 Å². The molecule has 6 nitrogen and oxygen atoms in total. The van der Waals surface area contributed by atoms with Gasteiger partial charge in [-0.15, -0.1) is 6.58 Å². The third kappa shape index (κ3) is 8.31. The molecule has 4 atom stereocenters. The van der Waals surface area contributed by atoms with Crippen molar-refractivity contribution < 1.29 is 18.8 Å². The molecule has 1 amide bonds. The van der Waals surface area contributed by atoms with Crippen LogP contribution in [0, 0.1) is 5.92 Å². The second-order valence-corrected chi connectivity index (χ2v) is 13.0. The maximum Gasteiger partial charge on any atom is 0.236 e. The van der Waals surface area contributed by atoms with Crippen LogP contribution in [0.5, 0.6) is 5.75 Å². The number of fused-ring (bicyclic) bond motifs is 1. The first-order chi connectivity index (χ1) is 18.8. The second kappa shape index (κ2) is 14.1. The van der Waals surface area contributed by atoms with Crippen molar-refractivity contribution in [3.05, 3.63) is 42.0 Å². The van der Waals surface area contributed by atoms with E-state index in [-0.39, 0.29) is 5.91 Å². The number of rotatable bonds is 14. The molecule has 39 heavy (non-hydrogen) atoms. The van der Waals surface area contributed by atoms with Crippen molar-refractivity contribution in [1.82, 2.24) is 9.80 Å². The molecule has 0 aliphatic carbocycles. The maximum atomic E-state index is 13.8. The van der Waals surface area contributed by atoms with Gasteiger partial charge in [-0.3, -0.25) is 9.69 Å². The summed E-state index contributed by atoms with van der Waals surface area (Å²) in [4.78, 5) is 18.4. The van der Waals surface area contributed by atoms with Crippen LogP contribution in [-0.2, 0) is 16.0 Å². The topological polar surface area (TPSA) is 42.0 Å². The summed E-state index contributed by atoms with van der Waals surface area (Å²) in [6.45, 7) is 12.4. The number of nitrogens with zero attached hydrogens (tertiary/aromatic N) is 3. The monoisotopic (exact) mass is 540 g/mol. The molecule has 1 aromatic rings. The number of ether oxygens (including phenoxy) is 2. The highest BCUT2D eigenvalue weighted by molar-refractivity contribution is 5.78. The van der Waals surface area contributed by atoms with Crippen molar-refractivity contribution in [2.45, 2.75) is 82.8 Å². The Hall–Kier alpha value is -1.89. The van der Waals surface area contributed by atoms with E-state index in [4.69, 9.17) is 9.47 Å². The fourth-order valence-electron chi connectivity index (χ4n) is 6.78. The smallest absolute Gasteiger partial charge is 0.236 e. The average Bonchev–Trinajstić information content (AvgIpc) is 3.53. The van der Waals surface area contributed by atoms with Crippen LogP contribution in [0.1, 0.15) is 75.3 Å². The van der Waals surface area contributed by atoms with Gasteiger partial charge in [0.2, 0.25) is 5.91 Å². The number of carbonyl (C=O) groups is 1. The lowest BCUT2D eigenvalue weighted by molar-refractivity contribution is -0.870. The minimum Gasteiger partial charge on any atom is -0.493 e. The van der Waals surface area contributed by atoms with E-state index in [0.717, 1.165) is 94.6 Å². The number of unbranched alkanes of at least 4 members (excludes halogenated alkanes) is 1. The number of carbonyl (C=O) groups excluding carboxylic acids is 1. The molecular weight excluding hydrogens is 486 g/mol. The van der Waals surface area contributed by atoms with E-state index in [1.807, 2.05) is 0 Å². The molecule has 2 fully saturated rings. The molecule has 3 aliphatic rings. The van der Waals surface area contributed by atoms with Gasteiger partial charge in [-0.1, -0.05) is 31.6 Å². The molecule has 6 heteroatoms. The van der Waals surface area contributed by atoms with Gasteiger partial charge in [-0.2, -0.15) is 0 Å². The van der Waals surface area contributed by atoms with E-state index in [2.05, 4.69) is 68.7 Å². The SMILES string of the molecule is C=C[C@@H]1[C@@H](c2ccc3c(c2)CCO3)CN(CC(=O)N(CCCC)CCC[N+](C)(C)C)[C@H]1CCC1CCCCO1. The minimum atomic E-state index is 0.287. The zero-order chi connectivity index (χ0) is 27.8. The summed E-state index contributed by atoms with van der Waals surface area (Å²) in [5.74, 6) is 1.99. The number of benzene rings is 1. The molecule has 3 heterocycles. The highest BCUT2D eigenvalue weighted by atomic mass is 16.5. The van der Waals surface area contributed by atoms with Crippen molar-refractivity contribution in [1.29, 1.82) is 0 Å². The number of amides is 1. The average molecular weight is 541 g/mol. The molecule has 0 bridgehead atoms. The van der Waals surface area contributed by atoms with Crippen LogP contribution >= 0.6 is 0 Å². The largest absolute Gasteiger partial charge is 0.493 e. The van der Waals surface area contributed by atoms with Gasteiger partial charge >= 0.3 is 0 Å². The lowest BCUT2D eigenvalue weighted by atomic mass is 9.83. The molecular formula is C33H54N3O3+. The summed E-state index contributed by atoms with van der Waals surface area (Å²) in [5, 5.41) is 0. The third-order valence-electron chi connectivity index (χ3n) is 9.01. The number of quaternary nitrogens is 1. The molecule has 0 spiro atoms. The zero-order valence-corrected chi connectivity index (χ0v) is 25.2. The van der Waals surface area contributed by atoms with E-state index >= 15 is 0 Å². The van der Waals surface area contributed by atoms with Crippen molar-refractivity contribution >= 4 is 5.91 Å². The molecule has 4 rings (SSSR count). The standard InChI is InChI=1S/C33H54N3O3/c1-6-8-18-34(19-11-20-36(3,4)5)33(37)25-35-24-30(26-13-16-32-27(23-26)17-22-39-32)29(7-2)31(35)15-14-28-12-9-10-21-38-28/h7,13,16,23,28-31H,2,6,8-12,14-15,17-22,24-25H2,1,3-5H3/q+1/t28?,29-,30-,31+/m1/s1. The van der Waals surface area contributed by atoms with Crippen LogP contribution in [0.25, 0.3) is 0 Å². The van der Waals surface area contributed by atoms with E-state index in [9.17, 15) is 4.79 Å². The Morgan fingerprint density at radius 2 is 1.97 bits per heavy atom. The Balaban J connectivity index is 1.50. The summed E-state index contributed by atoms with van der Waals surface area (Å²) in [5.41, 5.74) is 2.68. The Bertz CT molecular complexity index is 937. The van der Waals surface area contributed by atoms with E-state index in [1.54, 1.807) is 0 Å². The lowest BCUT2D eigenvalue weighted by Gasteiger charge is -2.32. The Kier molecular flexibility index (Phi) is 10.9. The molecule has 0 aromatic heterocycles. The normalized spacial score (nSPS) is 25.3. The van der Waals surface area contributed by atoms with Gasteiger partial charge in [0.1, 0.15) is 5.75 Å². The summed E-state index contributed by atoms with van der Waals surface area (Å²) in [6.07, 6.45) is 12.4. The zero-order valence-electron chi connectivity index (χ0n) is 25.2. The summed E-state index contributed by atoms with van der Waals surface area (Å²) in [7, 11) is 6.68. The van der Waals surface area contributed by atoms with Crippen molar-refractivity contribution in [3.8, 4) is 5.75 Å². The van der Waals surface area contributed by atoms with Gasteiger partial charge < -0.3 is 18.9 Å². The van der Waals surface area contributed by atoms with Gasteiger partial charge in [0.15, 0.2) is 0 Å². The van der Waals surface area contributed by atoms with Crippen LogP contribution < -0.4 is 4.74 Å². The second-order valence-electron chi connectivity index (χ2n) is 13.0. The van der Waals surface area contributed by atoms with Gasteiger partial charge in [-0.25, -0.2) is 0 Å². The highest BCUT2D eigenvalue weighted by Crippen LogP contribution is 2.42. The number of hydrogen-bond donors (Lipinski definition) is 0. The molecule has 0 saturated carbocycles. The lowest BCUT2D eigenvalue weighted by Crippen LogP contribution is -2.45. The van der Waals surface area contributed by atoms with Crippen LogP contribution in [0.4, 0.5) is 0 Å². The molecule has 1 unspecified atom stereocenters. The first kappa shape index (κ1) is 30.1. The van der Waals surface area contributed by atoms with E-state index < -0.39 is 0 Å². The summed E-state index contributed by atoms with van der Waals surface area (Å²) in [6, 6.07) is 7.06. The van der Waals surface area contributed by atoms with Crippen molar-refractivity contribution in [3.63, 3.8) is 0 Å². The fourth-order valence-corrected chi connectivity index (χ4v) is 6.78. The quantitative estimate of drug-likeness (QED) is 0.238. The number of likely N-dealkylation sites (tertiary alicyclic amines) is 1. The van der Waals surface area contributed by atoms with Crippen LogP contribution in [0.15, 0.2) is 30.9 Å². The summed E-state index contributed by atoms with van der Waals surface area (Å²) < 4.78 is 12.8. The van der Waals surface area contributed by atoms with Gasteiger partial charge in [0.05, 0.1) is 46.9 Å². The predicted octanol–water partition coefficient (Wildman–Crippen LogP) is 5.27. The predicted molar refractivity (Wildman–Crippen MR) is 159 cm³/mol. The first-order valence-electron chi connectivity index (χ1n) is 15.6. The Morgan fingerprint density at radius 1 is 1.15 bits per heavy atom. The van der Waals surface area contributed by atoms with E-state index in [1.165, 1.54) is 24.0 Å². The summed E-state index contributed by atoms with van der Waals surface area (Å²) >= 11 is 0. The molecule has 0 N–H and O–H groups in total. The van der Waals surface area contributed by atoms with Crippen LogP contribution in [0.3, 0.4) is 0 Å². The molecule has 218 valence electrons. The maximum absolute atomic E-state index is 13.8.